The molecule has 0 saturated carbocycles. The summed E-state index contributed by atoms with van der Waals surface area (Å²) in [5.41, 5.74) is 0.583. The second kappa shape index (κ2) is 4.36. The molecule has 0 unspecified atom stereocenters. The first-order chi connectivity index (χ1) is 9.11. The van der Waals surface area contributed by atoms with Crippen LogP contribution in [0.4, 0.5) is 0 Å². The number of nitrogens with zero attached hydrogens (tertiary/aromatic N) is 4. The number of fused-ring (bicyclic) bond motifs is 1. The lowest BCUT2D eigenvalue weighted by Gasteiger charge is -2.20. The van der Waals surface area contributed by atoms with E-state index < -0.39 is 0 Å². The topological polar surface area (TPSA) is 58.4 Å². The molecule has 0 spiro atoms. The Hall–Kier alpha value is -1.85. The molecule has 2 amide bonds. The lowest BCUT2D eigenvalue weighted by Crippen LogP contribution is -2.36. The van der Waals surface area contributed by atoms with Crippen LogP contribution in [0.3, 0.4) is 0 Å². The monoisotopic (exact) mass is 262 g/mol. The van der Waals surface area contributed by atoms with Crippen molar-refractivity contribution in [1.29, 1.82) is 0 Å². The molecule has 1 aromatic rings. The molecule has 2 saturated heterocycles. The molecule has 1 aromatic heterocycles. The summed E-state index contributed by atoms with van der Waals surface area (Å²) >= 11 is 0. The summed E-state index contributed by atoms with van der Waals surface area (Å²) in [5.74, 6) is 0.472. The van der Waals surface area contributed by atoms with Crippen molar-refractivity contribution in [3.63, 3.8) is 0 Å². The van der Waals surface area contributed by atoms with Crippen LogP contribution in [0.1, 0.15) is 17.4 Å². The number of aromatic nitrogens is 2. The Balaban J connectivity index is 1.73. The molecule has 19 heavy (non-hydrogen) atoms. The number of hydrogen-bond acceptors (Lipinski definition) is 3. The molecule has 3 heterocycles. The minimum atomic E-state index is -0.0229. The van der Waals surface area contributed by atoms with Crippen LogP contribution in [-0.2, 0) is 11.8 Å². The summed E-state index contributed by atoms with van der Waals surface area (Å²) < 4.78 is 1.58. The maximum Gasteiger partial charge on any atom is 0.272 e. The van der Waals surface area contributed by atoms with E-state index in [-0.39, 0.29) is 17.7 Å². The number of likely N-dealkylation sites (tertiary alicyclic amines) is 2. The Morgan fingerprint density at radius 2 is 2.21 bits per heavy atom. The highest BCUT2D eigenvalue weighted by Crippen LogP contribution is 2.32. The lowest BCUT2D eigenvalue weighted by atomic mass is 10.0. The second-order valence-electron chi connectivity index (χ2n) is 5.29. The molecule has 0 radical (unpaired) electrons. The van der Waals surface area contributed by atoms with Crippen molar-refractivity contribution in [3.8, 4) is 0 Å². The molecule has 0 aliphatic carbocycles. The first-order valence-electron chi connectivity index (χ1n) is 6.68. The third-order valence-corrected chi connectivity index (χ3v) is 4.23. The standard InChI is InChI=1S/C13H18N4O2/c1-3-16-6-9-7-17(8-10(9)12(16)18)13(19)11-4-5-14-15(11)2/h4-5,9-10H,3,6-8H2,1-2H3/t9-,10+/m0/s1. The molecular weight excluding hydrogens is 244 g/mol. The van der Waals surface area contributed by atoms with Crippen molar-refractivity contribution in [2.24, 2.45) is 18.9 Å². The minimum absolute atomic E-state index is 0.00266. The Morgan fingerprint density at radius 1 is 1.42 bits per heavy atom. The van der Waals surface area contributed by atoms with Gasteiger partial charge in [-0.15, -0.1) is 0 Å². The third kappa shape index (κ3) is 1.82. The van der Waals surface area contributed by atoms with Gasteiger partial charge in [0.25, 0.3) is 5.91 Å². The van der Waals surface area contributed by atoms with Gasteiger partial charge in [-0.2, -0.15) is 5.10 Å². The van der Waals surface area contributed by atoms with Gasteiger partial charge in [0.1, 0.15) is 5.69 Å². The number of carbonyl (C=O) groups excluding carboxylic acids is 2. The van der Waals surface area contributed by atoms with Crippen molar-refractivity contribution in [2.75, 3.05) is 26.2 Å². The predicted molar refractivity (Wildman–Crippen MR) is 68.3 cm³/mol. The van der Waals surface area contributed by atoms with E-state index in [0.29, 0.717) is 24.7 Å². The van der Waals surface area contributed by atoms with E-state index >= 15 is 0 Å². The van der Waals surface area contributed by atoms with E-state index in [1.807, 2.05) is 11.8 Å². The second-order valence-corrected chi connectivity index (χ2v) is 5.29. The SMILES string of the molecule is CCN1C[C@H]2CN(C(=O)c3ccnn3C)C[C@H]2C1=O. The zero-order valence-electron chi connectivity index (χ0n) is 11.2. The number of amides is 2. The molecule has 2 atom stereocenters. The van der Waals surface area contributed by atoms with E-state index in [1.54, 1.807) is 28.9 Å². The van der Waals surface area contributed by atoms with Gasteiger partial charge in [0.15, 0.2) is 0 Å². The van der Waals surface area contributed by atoms with Gasteiger partial charge in [-0.3, -0.25) is 14.3 Å². The molecule has 2 fully saturated rings. The van der Waals surface area contributed by atoms with Gasteiger partial charge in [0.05, 0.1) is 5.92 Å². The van der Waals surface area contributed by atoms with Crippen LogP contribution in [0.15, 0.2) is 12.3 Å². The van der Waals surface area contributed by atoms with Crippen molar-refractivity contribution < 1.29 is 9.59 Å². The van der Waals surface area contributed by atoms with Crippen LogP contribution in [-0.4, -0.2) is 57.6 Å². The summed E-state index contributed by atoms with van der Waals surface area (Å²) in [6.07, 6.45) is 1.62. The summed E-state index contributed by atoms with van der Waals surface area (Å²) in [7, 11) is 1.76. The highest BCUT2D eigenvalue weighted by molar-refractivity contribution is 5.93. The van der Waals surface area contributed by atoms with Crippen LogP contribution in [0.25, 0.3) is 0 Å². The lowest BCUT2D eigenvalue weighted by molar-refractivity contribution is -0.130. The summed E-state index contributed by atoms with van der Waals surface area (Å²) in [6.45, 7) is 4.77. The first-order valence-corrected chi connectivity index (χ1v) is 6.68. The summed E-state index contributed by atoms with van der Waals surface area (Å²) in [6, 6.07) is 1.72. The van der Waals surface area contributed by atoms with E-state index in [4.69, 9.17) is 0 Å². The highest BCUT2D eigenvalue weighted by Gasteiger charge is 2.47. The number of aryl methyl sites for hydroxylation is 1. The number of rotatable bonds is 2. The average Bonchev–Trinajstić information content (AvgIpc) is 3.05. The molecule has 0 aromatic carbocycles. The highest BCUT2D eigenvalue weighted by atomic mass is 16.2. The smallest absolute Gasteiger partial charge is 0.272 e. The average molecular weight is 262 g/mol. The Morgan fingerprint density at radius 3 is 2.79 bits per heavy atom. The largest absolute Gasteiger partial charge is 0.342 e. The predicted octanol–water partition coefficient (Wildman–Crippen LogP) is -0.0296. The fourth-order valence-electron chi connectivity index (χ4n) is 3.14. The first kappa shape index (κ1) is 12.2. The van der Waals surface area contributed by atoms with Crippen molar-refractivity contribution >= 4 is 11.8 Å². The van der Waals surface area contributed by atoms with E-state index in [9.17, 15) is 9.59 Å². The maximum atomic E-state index is 12.4. The third-order valence-electron chi connectivity index (χ3n) is 4.23. The summed E-state index contributed by atoms with van der Waals surface area (Å²) in [4.78, 5) is 28.1. The van der Waals surface area contributed by atoms with Crippen LogP contribution >= 0.6 is 0 Å². The van der Waals surface area contributed by atoms with Crippen molar-refractivity contribution in [2.45, 2.75) is 6.92 Å². The van der Waals surface area contributed by atoms with Gasteiger partial charge in [0, 0.05) is 45.3 Å². The van der Waals surface area contributed by atoms with Gasteiger partial charge >= 0.3 is 0 Å². The van der Waals surface area contributed by atoms with Gasteiger partial charge in [-0.25, -0.2) is 0 Å². The van der Waals surface area contributed by atoms with E-state index in [0.717, 1.165) is 13.1 Å². The fraction of sp³-hybridized carbons (Fsp3) is 0.615. The zero-order valence-corrected chi connectivity index (χ0v) is 11.2. The van der Waals surface area contributed by atoms with Crippen molar-refractivity contribution in [3.05, 3.63) is 18.0 Å². The summed E-state index contributed by atoms with van der Waals surface area (Å²) in [5, 5.41) is 4.02. The molecule has 6 nitrogen and oxygen atoms in total. The van der Waals surface area contributed by atoms with Crippen LogP contribution in [0.5, 0.6) is 0 Å². The van der Waals surface area contributed by atoms with Gasteiger partial charge in [-0.1, -0.05) is 0 Å². The fourth-order valence-corrected chi connectivity index (χ4v) is 3.14. The molecule has 0 bridgehead atoms. The molecule has 6 heteroatoms. The molecule has 0 N–H and O–H groups in total. The van der Waals surface area contributed by atoms with Crippen molar-refractivity contribution in [1.82, 2.24) is 19.6 Å². The normalized spacial score (nSPS) is 26.1. The van der Waals surface area contributed by atoms with E-state index in [2.05, 4.69) is 5.10 Å². The van der Waals surface area contributed by atoms with Crippen LogP contribution in [0, 0.1) is 11.8 Å². The molecule has 2 aliphatic heterocycles. The van der Waals surface area contributed by atoms with Gasteiger partial charge in [-0.05, 0) is 13.0 Å². The zero-order chi connectivity index (χ0) is 13.6. The maximum absolute atomic E-state index is 12.4. The Labute approximate surface area is 112 Å². The van der Waals surface area contributed by atoms with E-state index in [1.165, 1.54) is 0 Å². The minimum Gasteiger partial charge on any atom is -0.342 e. The molecule has 3 rings (SSSR count). The number of hydrogen-bond donors (Lipinski definition) is 0. The Kier molecular flexibility index (Phi) is 2.80. The number of carbonyl (C=O) groups is 2. The van der Waals surface area contributed by atoms with Crippen LogP contribution in [0.2, 0.25) is 0 Å². The molecule has 2 aliphatic rings. The van der Waals surface area contributed by atoms with Gasteiger partial charge in [0.2, 0.25) is 5.91 Å². The molecular formula is C13H18N4O2. The van der Waals surface area contributed by atoms with Gasteiger partial charge < -0.3 is 9.80 Å². The molecule has 102 valence electrons. The van der Waals surface area contributed by atoms with Crippen LogP contribution < -0.4 is 0 Å². The Bertz CT molecular complexity index is 524. The quantitative estimate of drug-likeness (QED) is 0.752.